The van der Waals surface area contributed by atoms with E-state index in [0.717, 1.165) is 23.5 Å². The second-order valence-corrected chi connectivity index (χ2v) is 2.79. The van der Waals surface area contributed by atoms with Crippen molar-refractivity contribution in [3.63, 3.8) is 0 Å². The molecule has 0 amide bonds. The lowest BCUT2D eigenvalue weighted by molar-refractivity contribution is 0.171. The third-order valence-corrected chi connectivity index (χ3v) is 1.83. The Morgan fingerprint density at radius 2 is 2.18 bits per heavy atom. The van der Waals surface area contributed by atoms with Gasteiger partial charge in [0, 0.05) is 5.56 Å². The summed E-state index contributed by atoms with van der Waals surface area (Å²) >= 11 is 0. The Morgan fingerprint density at radius 3 is 2.55 bits per heavy atom. The van der Waals surface area contributed by atoms with Gasteiger partial charge < -0.3 is 9.52 Å². The van der Waals surface area contributed by atoms with E-state index in [0.29, 0.717) is 0 Å². The Bertz CT molecular complexity index is 238. The van der Waals surface area contributed by atoms with Crippen LogP contribution in [0.1, 0.15) is 36.5 Å². The van der Waals surface area contributed by atoms with E-state index in [2.05, 4.69) is 0 Å². The highest BCUT2D eigenvalue weighted by Gasteiger charge is 2.11. The number of hydrogen-bond acceptors (Lipinski definition) is 2. The monoisotopic (exact) mass is 154 g/mol. The molecule has 2 nitrogen and oxygen atoms in total. The highest BCUT2D eigenvalue weighted by Crippen LogP contribution is 2.23. The maximum Gasteiger partial charge on any atom is 0.106 e. The summed E-state index contributed by atoms with van der Waals surface area (Å²) in [5, 5.41) is 9.46. The first-order valence-corrected chi connectivity index (χ1v) is 3.90. The van der Waals surface area contributed by atoms with Crippen molar-refractivity contribution in [1.29, 1.82) is 0 Å². The molecular formula is C9H14O2. The number of aliphatic hydroxyl groups is 1. The van der Waals surface area contributed by atoms with E-state index in [1.807, 2.05) is 26.8 Å². The van der Waals surface area contributed by atoms with Crippen LogP contribution in [0.5, 0.6) is 0 Å². The van der Waals surface area contributed by atoms with Crippen molar-refractivity contribution in [3.8, 4) is 0 Å². The maximum absolute atomic E-state index is 9.46. The molecule has 0 fully saturated rings. The Morgan fingerprint density at radius 1 is 1.55 bits per heavy atom. The quantitative estimate of drug-likeness (QED) is 0.709. The molecular weight excluding hydrogens is 140 g/mol. The van der Waals surface area contributed by atoms with Crippen LogP contribution in [0.15, 0.2) is 10.5 Å². The zero-order valence-corrected chi connectivity index (χ0v) is 7.22. The van der Waals surface area contributed by atoms with E-state index in [1.54, 1.807) is 0 Å². The van der Waals surface area contributed by atoms with Crippen LogP contribution >= 0.6 is 0 Å². The minimum Gasteiger partial charge on any atom is -0.466 e. The molecule has 11 heavy (non-hydrogen) atoms. The first-order valence-electron chi connectivity index (χ1n) is 3.90. The van der Waals surface area contributed by atoms with Crippen LogP contribution in [0.2, 0.25) is 0 Å². The van der Waals surface area contributed by atoms with Crippen LogP contribution in [0.4, 0.5) is 0 Å². The van der Waals surface area contributed by atoms with Crippen LogP contribution in [-0.4, -0.2) is 5.11 Å². The van der Waals surface area contributed by atoms with Crippen molar-refractivity contribution < 1.29 is 9.52 Å². The lowest BCUT2D eigenvalue weighted by Gasteiger charge is -2.04. The highest BCUT2D eigenvalue weighted by molar-refractivity contribution is 5.22. The zero-order chi connectivity index (χ0) is 8.43. The van der Waals surface area contributed by atoms with Gasteiger partial charge in [-0.05, 0) is 26.3 Å². The fourth-order valence-electron chi connectivity index (χ4n) is 1.20. The normalized spacial score (nSPS) is 13.5. The number of aryl methyl sites for hydroxylation is 2. The molecule has 62 valence electrons. The second-order valence-electron chi connectivity index (χ2n) is 2.79. The molecule has 2 heteroatoms. The summed E-state index contributed by atoms with van der Waals surface area (Å²) in [7, 11) is 0. The molecule has 0 saturated heterocycles. The molecule has 1 heterocycles. The molecule has 0 aliphatic heterocycles. The molecule has 0 bridgehead atoms. The van der Waals surface area contributed by atoms with E-state index in [1.165, 1.54) is 0 Å². The van der Waals surface area contributed by atoms with E-state index >= 15 is 0 Å². The number of furan rings is 1. The molecule has 1 aromatic heterocycles. The predicted octanol–water partition coefficient (Wildman–Crippen LogP) is 2.34. The van der Waals surface area contributed by atoms with Gasteiger partial charge in [-0.25, -0.2) is 0 Å². The fourth-order valence-corrected chi connectivity index (χ4v) is 1.20. The molecule has 0 aliphatic rings. The predicted molar refractivity (Wildman–Crippen MR) is 43.4 cm³/mol. The van der Waals surface area contributed by atoms with Crippen molar-refractivity contribution in [2.45, 2.75) is 33.3 Å². The zero-order valence-electron chi connectivity index (χ0n) is 7.22. The van der Waals surface area contributed by atoms with Gasteiger partial charge in [-0.3, -0.25) is 0 Å². The van der Waals surface area contributed by atoms with Gasteiger partial charge in [0.25, 0.3) is 0 Å². The largest absolute Gasteiger partial charge is 0.466 e. The summed E-state index contributed by atoms with van der Waals surface area (Å²) in [5.41, 5.74) is 0.921. The summed E-state index contributed by atoms with van der Waals surface area (Å²) in [5.74, 6) is 1.70. The third kappa shape index (κ3) is 1.63. The topological polar surface area (TPSA) is 33.4 Å². The first kappa shape index (κ1) is 8.34. The van der Waals surface area contributed by atoms with Gasteiger partial charge in [0.1, 0.15) is 11.5 Å². The van der Waals surface area contributed by atoms with Crippen LogP contribution in [0.3, 0.4) is 0 Å². The van der Waals surface area contributed by atoms with Crippen molar-refractivity contribution in [1.82, 2.24) is 0 Å². The van der Waals surface area contributed by atoms with Crippen molar-refractivity contribution in [2.24, 2.45) is 0 Å². The Hall–Kier alpha value is -0.760. The molecule has 0 aromatic carbocycles. The molecule has 1 N–H and O–H groups in total. The smallest absolute Gasteiger partial charge is 0.106 e. The Kier molecular flexibility index (Phi) is 2.35. The summed E-state index contributed by atoms with van der Waals surface area (Å²) in [6, 6.07) is 1.89. The van der Waals surface area contributed by atoms with E-state index in [4.69, 9.17) is 4.42 Å². The summed E-state index contributed by atoms with van der Waals surface area (Å²) in [4.78, 5) is 0. The molecule has 1 rings (SSSR count). The third-order valence-electron chi connectivity index (χ3n) is 1.83. The molecule has 0 saturated carbocycles. The lowest BCUT2D eigenvalue weighted by atomic mass is 10.1. The van der Waals surface area contributed by atoms with Crippen molar-refractivity contribution >= 4 is 0 Å². The molecule has 0 unspecified atom stereocenters. The van der Waals surface area contributed by atoms with Gasteiger partial charge in [0.15, 0.2) is 0 Å². The molecule has 0 aliphatic carbocycles. The lowest BCUT2D eigenvalue weighted by Crippen LogP contribution is -1.94. The Labute approximate surface area is 66.8 Å². The van der Waals surface area contributed by atoms with Gasteiger partial charge in [0.05, 0.1) is 6.10 Å². The standard InChI is InChI=1S/C9H14O2/c1-4-9(10)8-5-6(2)11-7(8)3/h5,9-10H,4H2,1-3H3/t9-/m1/s1. The van der Waals surface area contributed by atoms with E-state index in [-0.39, 0.29) is 6.10 Å². The first-order chi connectivity index (χ1) is 5.15. The molecule has 0 spiro atoms. The van der Waals surface area contributed by atoms with E-state index < -0.39 is 0 Å². The van der Waals surface area contributed by atoms with Gasteiger partial charge in [-0.15, -0.1) is 0 Å². The van der Waals surface area contributed by atoms with Crippen LogP contribution < -0.4 is 0 Å². The van der Waals surface area contributed by atoms with E-state index in [9.17, 15) is 5.11 Å². The van der Waals surface area contributed by atoms with Gasteiger partial charge in [-0.2, -0.15) is 0 Å². The Balaban J connectivity index is 2.93. The number of aliphatic hydroxyl groups excluding tert-OH is 1. The maximum atomic E-state index is 9.46. The van der Waals surface area contributed by atoms with Crippen molar-refractivity contribution in [3.05, 3.63) is 23.2 Å². The summed E-state index contributed by atoms with van der Waals surface area (Å²) in [6.07, 6.45) is 0.368. The van der Waals surface area contributed by atoms with Gasteiger partial charge >= 0.3 is 0 Å². The molecule has 1 aromatic rings. The summed E-state index contributed by atoms with van der Waals surface area (Å²) < 4.78 is 5.28. The average molecular weight is 154 g/mol. The van der Waals surface area contributed by atoms with Crippen LogP contribution in [0.25, 0.3) is 0 Å². The van der Waals surface area contributed by atoms with Crippen LogP contribution in [-0.2, 0) is 0 Å². The highest BCUT2D eigenvalue weighted by atomic mass is 16.3. The minimum atomic E-state index is -0.368. The molecule has 0 radical (unpaired) electrons. The second kappa shape index (κ2) is 3.09. The van der Waals surface area contributed by atoms with Gasteiger partial charge in [-0.1, -0.05) is 6.92 Å². The number of hydrogen-bond donors (Lipinski definition) is 1. The van der Waals surface area contributed by atoms with Gasteiger partial charge in [0.2, 0.25) is 0 Å². The van der Waals surface area contributed by atoms with Crippen molar-refractivity contribution in [2.75, 3.05) is 0 Å². The SMILES string of the molecule is CC[C@@H](O)c1cc(C)oc1C. The molecule has 1 atom stereocenters. The minimum absolute atomic E-state index is 0.368. The number of rotatable bonds is 2. The fraction of sp³-hybridized carbons (Fsp3) is 0.556. The van der Waals surface area contributed by atoms with Crippen LogP contribution in [0, 0.1) is 13.8 Å². The summed E-state index contributed by atoms with van der Waals surface area (Å²) in [6.45, 7) is 5.71. The average Bonchev–Trinajstić information content (AvgIpc) is 2.28.